The molecule has 0 spiro atoms. The van der Waals surface area contributed by atoms with Crippen LogP contribution in [0.2, 0.25) is 0 Å². The van der Waals surface area contributed by atoms with E-state index in [4.69, 9.17) is 6.57 Å². The quantitative estimate of drug-likeness (QED) is 0.110. The number of rotatable bonds is 1. The molecule has 1 aliphatic carbocycles. The van der Waals surface area contributed by atoms with Crippen molar-refractivity contribution >= 4 is 54.7 Å². The summed E-state index contributed by atoms with van der Waals surface area (Å²) in [5, 5.41) is 6.47. The van der Waals surface area contributed by atoms with Crippen molar-refractivity contribution in [1.82, 2.24) is 4.40 Å². The molecular formula is C30H26N3+. The molecule has 0 unspecified atom stereocenters. The van der Waals surface area contributed by atoms with Crippen molar-refractivity contribution in [2.45, 2.75) is 44.9 Å². The Morgan fingerprint density at radius 1 is 0.909 bits per heavy atom. The van der Waals surface area contributed by atoms with Crippen LogP contribution in [0.4, 0.5) is 5.69 Å². The molecule has 3 aromatic heterocycles. The zero-order valence-corrected chi connectivity index (χ0v) is 19.2. The minimum Gasteiger partial charge on any atom is -0.309 e. The molecule has 3 heterocycles. The number of hydrogen-bond acceptors (Lipinski definition) is 0. The minimum absolute atomic E-state index is 0.645. The highest BCUT2D eigenvalue weighted by molar-refractivity contribution is 6.26. The molecule has 6 aromatic rings. The number of fused-ring (bicyclic) bond motifs is 5. The van der Waals surface area contributed by atoms with Gasteiger partial charge in [-0.3, -0.25) is 0 Å². The molecule has 3 heteroatoms. The van der Waals surface area contributed by atoms with Gasteiger partial charge in [0.15, 0.2) is 11.9 Å². The van der Waals surface area contributed by atoms with E-state index in [1.165, 1.54) is 86.7 Å². The lowest BCUT2D eigenvalue weighted by atomic mass is 9.83. The Bertz CT molecular complexity index is 1770. The van der Waals surface area contributed by atoms with Gasteiger partial charge in [0.25, 0.3) is 0 Å². The number of aryl methyl sites for hydroxylation is 2. The van der Waals surface area contributed by atoms with Gasteiger partial charge in [0.1, 0.15) is 7.05 Å². The highest BCUT2D eigenvalue weighted by Crippen LogP contribution is 2.43. The van der Waals surface area contributed by atoms with Crippen LogP contribution in [0.1, 0.15) is 49.1 Å². The molecule has 160 valence electrons. The zero-order valence-electron chi connectivity index (χ0n) is 19.2. The van der Waals surface area contributed by atoms with Gasteiger partial charge in [-0.2, -0.15) is 0 Å². The fourth-order valence-corrected chi connectivity index (χ4v) is 6.47. The van der Waals surface area contributed by atoms with Crippen molar-refractivity contribution in [3.8, 4) is 0 Å². The van der Waals surface area contributed by atoms with Gasteiger partial charge in [-0.15, -0.1) is 0 Å². The van der Waals surface area contributed by atoms with Gasteiger partial charge in [-0.25, -0.2) is 9.41 Å². The second kappa shape index (κ2) is 6.68. The fourth-order valence-electron chi connectivity index (χ4n) is 6.47. The predicted molar refractivity (Wildman–Crippen MR) is 137 cm³/mol. The third-order valence-corrected chi connectivity index (χ3v) is 8.04. The van der Waals surface area contributed by atoms with Crippen LogP contribution >= 0.6 is 0 Å². The van der Waals surface area contributed by atoms with Crippen molar-refractivity contribution < 1.29 is 4.57 Å². The lowest BCUT2D eigenvalue weighted by Crippen LogP contribution is -2.29. The maximum Gasteiger partial charge on any atom is 0.224 e. The van der Waals surface area contributed by atoms with Crippen molar-refractivity contribution in [3.63, 3.8) is 0 Å². The second-order valence-corrected chi connectivity index (χ2v) is 9.92. The summed E-state index contributed by atoms with van der Waals surface area (Å²) >= 11 is 0. The summed E-state index contributed by atoms with van der Waals surface area (Å²) in [5.41, 5.74) is 8.48. The van der Waals surface area contributed by atoms with E-state index in [2.05, 4.69) is 76.4 Å². The topological polar surface area (TPSA) is 12.6 Å². The van der Waals surface area contributed by atoms with Crippen LogP contribution in [0.3, 0.4) is 0 Å². The summed E-state index contributed by atoms with van der Waals surface area (Å²) in [6, 6.07) is 17.9. The molecule has 0 amide bonds. The Morgan fingerprint density at radius 2 is 1.73 bits per heavy atom. The third-order valence-electron chi connectivity index (χ3n) is 8.04. The molecule has 0 saturated heterocycles. The third kappa shape index (κ3) is 2.47. The van der Waals surface area contributed by atoms with E-state index in [9.17, 15) is 0 Å². The minimum atomic E-state index is 0.645. The fraction of sp³-hybridized carbons (Fsp3) is 0.267. The molecule has 3 aromatic carbocycles. The number of hydrogen-bond donors (Lipinski definition) is 0. The van der Waals surface area contributed by atoms with Crippen LogP contribution < -0.4 is 4.57 Å². The lowest BCUT2D eigenvalue weighted by molar-refractivity contribution is -0.643. The summed E-state index contributed by atoms with van der Waals surface area (Å²) in [5.74, 6) is 0.645. The molecule has 33 heavy (non-hydrogen) atoms. The van der Waals surface area contributed by atoms with Gasteiger partial charge in [0, 0.05) is 22.4 Å². The molecule has 1 fully saturated rings. The van der Waals surface area contributed by atoms with E-state index in [0.29, 0.717) is 11.6 Å². The first-order valence-corrected chi connectivity index (χ1v) is 12.1. The van der Waals surface area contributed by atoms with Gasteiger partial charge in [-0.1, -0.05) is 49.6 Å². The van der Waals surface area contributed by atoms with Crippen molar-refractivity contribution in [1.29, 1.82) is 0 Å². The summed E-state index contributed by atoms with van der Waals surface area (Å²) < 4.78 is 4.75. The van der Waals surface area contributed by atoms with E-state index in [0.717, 1.165) is 5.52 Å². The van der Waals surface area contributed by atoms with Crippen molar-refractivity contribution in [3.05, 3.63) is 77.3 Å². The molecule has 1 saturated carbocycles. The highest BCUT2D eigenvalue weighted by Gasteiger charge is 2.25. The SMILES string of the molecule is [C-]#[N+]c1ccc2c3ccc(C)c4c3n(c2c1)c1cc(C2CCCCC2)cc2cc[n+](C)c4c21. The molecule has 3 nitrogen and oxygen atoms in total. The van der Waals surface area contributed by atoms with E-state index in [1.807, 2.05) is 6.07 Å². The lowest BCUT2D eigenvalue weighted by Gasteiger charge is -2.23. The first kappa shape index (κ1) is 18.9. The van der Waals surface area contributed by atoms with Crippen LogP contribution in [-0.4, -0.2) is 4.40 Å². The van der Waals surface area contributed by atoms with Crippen LogP contribution in [-0.2, 0) is 7.05 Å². The second-order valence-electron chi connectivity index (χ2n) is 9.92. The van der Waals surface area contributed by atoms with Gasteiger partial charge in [0.05, 0.1) is 28.4 Å². The predicted octanol–water partition coefficient (Wildman–Crippen LogP) is 7.72. The first-order valence-electron chi connectivity index (χ1n) is 12.1. The number of nitrogens with zero attached hydrogens (tertiary/aromatic N) is 3. The summed E-state index contributed by atoms with van der Waals surface area (Å²) in [4.78, 5) is 3.76. The van der Waals surface area contributed by atoms with Gasteiger partial charge < -0.3 is 4.40 Å². The number of pyridine rings is 2. The maximum atomic E-state index is 7.61. The zero-order chi connectivity index (χ0) is 22.3. The maximum absolute atomic E-state index is 7.61. The average molecular weight is 429 g/mol. The van der Waals surface area contributed by atoms with E-state index >= 15 is 0 Å². The van der Waals surface area contributed by atoms with Gasteiger partial charge in [0.2, 0.25) is 5.52 Å². The van der Waals surface area contributed by atoms with E-state index < -0.39 is 0 Å². The smallest absolute Gasteiger partial charge is 0.224 e. The Kier molecular flexibility index (Phi) is 3.82. The van der Waals surface area contributed by atoms with Crippen LogP contribution in [0.25, 0.3) is 53.8 Å². The molecule has 0 bridgehead atoms. The van der Waals surface area contributed by atoms with Crippen LogP contribution in [0.15, 0.2) is 54.7 Å². The summed E-state index contributed by atoms with van der Waals surface area (Å²) in [6.45, 7) is 9.84. The number of aromatic nitrogens is 2. The van der Waals surface area contributed by atoms with E-state index in [-0.39, 0.29) is 0 Å². The molecule has 7 rings (SSSR count). The van der Waals surface area contributed by atoms with Crippen LogP contribution in [0.5, 0.6) is 0 Å². The molecule has 0 atom stereocenters. The van der Waals surface area contributed by atoms with Crippen molar-refractivity contribution in [2.75, 3.05) is 0 Å². The summed E-state index contributed by atoms with van der Waals surface area (Å²) in [6.07, 6.45) is 8.83. The molecule has 0 radical (unpaired) electrons. The van der Waals surface area contributed by atoms with E-state index in [1.54, 1.807) is 0 Å². The Balaban J connectivity index is 1.78. The Morgan fingerprint density at radius 3 is 2.55 bits per heavy atom. The highest BCUT2D eigenvalue weighted by atomic mass is 15.0. The molecule has 0 N–H and O–H groups in total. The number of benzene rings is 3. The van der Waals surface area contributed by atoms with Gasteiger partial charge >= 0.3 is 0 Å². The summed E-state index contributed by atoms with van der Waals surface area (Å²) in [7, 11) is 2.17. The molecular weight excluding hydrogens is 402 g/mol. The molecule has 1 aliphatic rings. The van der Waals surface area contributed by atoms with Crippen molar-refractivity contribution in [2.24, 2.45) is 7.05 Å². The Hall–Kier alpha value is -3.64. The average Bonchev–Trinajstić information content (AvgIpc) is 3.18. The normalized spacial score (nSPS) is 15.4. The largest absolute Gasteiger partial charge is 0.309 e. The van der Waals surface area contributed by atoms with Gasteiger partial charge in [-0.05, 0) is 54.3 Å². The first-order chi connectivity index (χ1) is 16.2. The van der Waals surface area contributed by atoms with Crippen LogP contribution in [0, 0.1) is 13.5 Å². The standard InChI is InChI=1S/C30H26N3/c1-18-9-11-24-23-12-10-22(31-2)17-25(23)33-26-16-21(19-7-5-4-6-8-19)15-20-13-14-32(3)30(28(20)26)27(18)29(24)33/h9-17,19H,4-8H2,1,3H3/q+1. The monoisotopic (exact) mass is 428 g/mol. The molecule has 0 aliphatic heterocycles. The Labute approximate surface area is 193 Å².